The molecule has 4 atom stereocenters. The number of urea groups is 1. The summed E-state index contributed by atoms with van der Waals surface area (Å²) in [5, 5.41) is 5.94. The molecule has 198 valence electrons. The van der Waals surface area contributed by atoms with E-state index in [1.54, 1.807) is 31.4 Å². The molecule has 4 aliphatic rings. The fourth-order valence-corrected chi connectivity index (χ4v) is 6.24. The summed E-state index contributed by atoms with van der Waals surface area (Å²) in [6.07, 6.45) is 2.41. The summed E-state index contributed by atoms with van der Waals surface area (Å²) >= 11 is 0. The van der Waals surface area contributed by atoms with E-state index in [2.05, 4.69) is 37.5 Å². The Balaban J connectivity index is 1.06. The summed E-state index contributed by atoms with van der Waals surface area (Å²) in [6, 6.07) is 15.5. The van der Waals surface area contributed by atoms with Crippen molar-refractivity contribution >= 4 is 23.2 Å². The van der Waals surface area contributed by atoms with Gasteiger partial charge in [-0.2, -0.15) is 0 Å². The van der Waals surface area contributed by atoms with Gasteiger partial charge in [-0.05, 0) is 74.5 Å². The van der Waals surface area contributed by atoms with Crippen LogP contribution in [0.3, 0.4) is 0 Å². The van der Waals surface area contributed by atoms with Crippen molar-refractivity contribution in [1.82, 2.24) is 15.1 Å². The summed E-state index contributed by atoms with van der Waals surface area (Å²) in [5.41, 5.74) is 2.53. The van der Waals surface area contributed by atoms with Crippen LogP contribution in [0.1, 0.15) is 30.1 Å². The fourth-order valence-electron chi connectivity index (χ4n) is 6.24. The summed E-state index contributed by atoms with van der Waals surface area (Å²) < 4.78 is 5.56. The number of fused-ring (bicyclic) bond motifs is 3. The monoisotopic (exact) mass is 505 g/mol. The van der Waals surface area contributed by atoms with E-state index in [-0.39, 0.29) is 11.8 Å². The normalized spacial score (nSPS) is 25.5. The molecule has 0 spiro atoms. The minimum absolute atomic E-state index is 0.0193. The molecule has 4 aliphatic heterocycles. The van der Waals surface area contributed by atoms with Crippen LogP contribution in [-0.4, -0.2) is 87.1 Å². The lowest BCUT2D eigenvalue weighted by Crippen LogP contribution is -2.59. The van der Waals surface area contributed by atoms with E-state index in [0.717, 1.165) is 63.9 Å². The first-order chi connectivity index (χ1) is 18.0. The lowest BCUT2D eigenvalue weighted by Gasteiger charge is -2.51. The van der Waals surface area contributed by atoms with Gasteiger partial charge in [-0.1, -0.05) is 12.1 Å². The lowest BCUT2D eigenvalue weighted by molar-refractivity contribution is -0.0114. The van der Waals surface area contributed by atoms with Crippen LogP contribution >= 0.6 is 0 Å². The van der Waals surface area contributed by atoms with Gasteiger partial charge in [-0.25, -0.2) is 4.79 Å². The first-order valence-corrected chi connectivity index (χ1v) is 13.5. The number of hydrogen-bond acceptors (Lipinski definition) is 6. The van der Waals surface area contributed by atoms with E-state index in [4.69, 9.17) is 4.74 Å². The Labute approximate surface area is 219 Å². The number of carbonyl (C=O) groups is 2. The maximum Gasteiger partial charge on any atom is 0.319 e. The number of piperidine rings is 3. The van der Waals surface area contributed by atoms with E-state index >= 15 is 0 Å². The number of anilines is 2. The van der Waals surface area contributed by atoms with Gasteiger partial charge in [0, 0.05) is 63.1 Å². The second kappa shape index (κ2) is 11.5. The van der Waals surface area contributed by atoms with Crippen LogP contribution in [0.2, 0.25) is 0 Å². The maximum absolute atomic E-state index is 12.5. The Morgan fingerprint density at radius 1 is 1.00 bits per heavy atom. The minimum Gasteiger partial charge on any atom is -0.495 e. The Morgan fingerprint density at radius 2 is 1.76 bits per heavy atom. The number of methoxy groups -OCH3 is 1. The van der Waals surface area contributed by atoms with E-state index < -0.39 is 0 Å². The zero-order valence-electron chi connectivity index (χ0n) is 22.0. The van der Waals surface area contributed by atoms with Gasteiger partial charge in [0.2, 0.25) is 0 Å². The van der Waals surface area contributed by atoms with Gasteiger partial charge in [-0.15, -0.1) is 0 Å². The Morgan fingerprint density at radius 3 is 2.43 bits per heavy atom. The van der Waals surface area contributed by atoms with Gasteiger partial charge >= 0.3 is 6.03 Å². The molecule has 4 fully saturated rings. The highest BCUT2D eigenvalue weighted by atomic mass is 16.5. The standard InChI is InChI=1S/C29H39N5O3/c1-21(35)22-7-9-25(10-8-22)31-29(36)30-18-26-17-23-11-12-34(26)20-24(23)19-32-13-15-33(16-14-32)27-5-3-4-6-28(27)37-2/h3-10,23-24,26H,11-20H2,1-2H3,(H2,30,31,36)/t23-,24+,26-/m1/s1. The van der Waals surface area contributed by atoms with Crippen LogP contribution in [-0.2, 0) is 0 Å². The number of amides is 2. The molecule has 1 unspecified atom stereocenters. The van der Waals surface area contributed by atoms with Gasteiger partial charge in [0.05, 0.1) is 12.8 Å². The van der Waals surface area contributed by atoms with Crippen LogP contribution in [0.15, 0.2) is 48.5 Å². The number of ketones is 1. The van der Waals surface area contributed by atoms with Crippen LogP contribution in [0.4, 0.5) is 16.2 Å². The number of ether oxygens (including phenoxy) is 1. The molecule has 0 saturated carbocycles. The molecule has 0 radical (unpaired) electrons. The van der Waals surface area contributed by atoms with Gasteiger partial charge in [0.15, 0.2) is 5.78 Å². The summed E-state index contributed by atoms with van der Waals surface area (Å²) in [7, 11) is 1.74. The molecule has 8 nitrogen and oxygen atoms in total. The van der Waals surface area contributed by atoms with Crippen LogP contribution in [0.5, 0.6) is 5.75 Å². The zero-order valence-corrected chi connectivity index (χ0v) is 22.0. The first kappa shape index (κ1) is 25.5. The van der Waals surface area contributed by atoms with Crippen molar-refractivity contribution in [2.75, 3.05) is 69.7 Å². The van der Waals surface area contributed by atoms with Crippen molar-refractivity contribution in [1.29, 1.82) is 0 Å². The summed E-state index contributed by atoms with van der Waals surface area (Å²) in [4.78, 5) is 31.5. The predicted octanol–water partition coefficient (Wildman–Crippen LogP) is 3.55. The topological polar surface area (TPSA) is 77.2 Å². The third-order valence-electron chi connectivity index (χ3n) is 8.35. The molecule has 4 heterocycles. The van der Waals surface area contributed by atoms with E-state index in [9.17, 15) is 9.59 Å². The molecular weight excluding hydrogens is 466 g/mol. The zero-order chi connectivity index (χ0) is 25.8. The van der Waals surface area contributed by atoms with Crippen molar-refractivity contribution < 1.29 is 14.3 Å². The van der Waals surface area contributed by atoms with Gasteiger partial charge in [0.1, 0.15) is 5.75 Å². The summed E-state index contributed by atoms with van der Waals surface area (Å²) in [6.45, 7) is 9.84. The SMILES string of the molecule is COc1ccccc1N1CCN(C[C@H]2CN3CC[C@@H]2C[C@@H]3CNC(=O)Nc2ccc(C(C)=O)cc2)CC1. The molecule has 2 amide bonds. The summed E-state index contributed by atoms with van der Waals surface area (Å²) in [5.74, 6) is 2.40. The van der Waals surface area contributed by atoms with E-state index in [0.29, 0.717) is 29.8 Å². The van der Waals surface area contributed by atoms with Crippen molar-refractivity contribution in [2.45, 2.75) is 25.8 Å². The van der Waals surface area contributed by atoms with Gasteiger partial charge < -0.3 is 20.3 Å². The number of Topliss-reactive ketones (excluding diaryl/α,β-unsaturated/α-hetero) is 1. The number of para-hydroxylation sites is 2. The molecule has 2 bridgehead atoms. The van der Waals surface area contributed by atoms with Crippen LogP contribution in [0, 0.1) is 11.8 Å². The molecule has 2 aromatic carbocycles. The second-order valence-electron chi connectivity index (χ2n) is 10.6. The number of benzene rings is 2. The Kier molecular flexibility index (Phi) is 7.96. The van der Waals surface area contributed by atoms with Gasteiger partial charge in [-0.3, -0.25) is 14.6 Å². The highest BCUT2D eigenvalue weighted by Crippen LogP contribution is 2.37. The van der Waals surface area contributed by atoms with Gasteiger partial charge in [0.25, 0.3) is 0 Å². The maximum atomic E-state index is 12.5. The van der Waals surface area contributed by atoms with Crippen molar-refractivity contribution in [3.63, 3.8) is 0 Å². The molecule has 8 heteroatoms. The second-order valence-corrected chi connectivity index (χ2v) is 10.6. The van der Waals surface area contributed by atoms with Crippen LogP contribution < -0.4 is 20.3 Å². The smallest absolute Gasteiger partial charge is 0.319 e. The molecule has 0 aromatic heterocycles. The molecule has 4 saturated heterocycles. The van der Waals surface area contributed by atoms with Crippen molar-refractivity contribution in [3.05, 3.63) is 54.1 Å². The third-order valence-corrected chi connectivity index (χ3v) is 8.35. The van der Waals surface area contributed by atoms with E-state index in [1.165, 1.54) is 19.0 Å². The molecule has 6 rings (SSSR count). The fraction of sp³-hybridized carbons (Fsp3) is 0.517. The largest absolute Gasteiger partial charge is 0.495 e. The highest BCUT2D eigenvalue weighted by molar-refractivity contribution is 5.95. The Bertz CT molecular complexity index is 1080. The number of nitrogens with zero attached hydrogens (tertiary/aromatic N) is 3. The Hall–Kier alpha value is -3.10. The number of carbonyl (C=O) groups excluding carboxylic acids is 2. The molecule has 0 aliphatic carbocycles. The molecule has 2 N–H and O–H groups in total. The van der Waals surface area contributed by atoms with E-state index in [1.807, 2.05) is 12.1 Å². The van der Waals surface area contributed by atoms with Crippen molar-refractivity contribution in [2.24, 2.45) is 11.8 Å². The number of nitrogens with one attached hydrogen (secondary N) is 2. The third kappa shape index (κ3) is 6.08. The average Bonchev–Trinajstić information content (AvgIpc) is 2.93. The number of rotatable bonds is 8. The number of piperazine rings is 1. The average molecular weight is 506 g/mol. The highest BCUT2D eigenvalue weighted by Gasteiger charge is 2.40. The quantitative estimate of drug-likeness (QED) is 0.535. The first-order valence-electron chi connectivity index (χ1n) is 13.5. The van der Waals surface area contributed by atoms with Crippen LogP contribution in [0.25, 0.3) is 0 Å². The van der Waals surface area contributed by atoms with Crippen molar-refractivity contribution in [3.8, 4) is 5.75 Å². The molecule has 2 aromatic rings. The minimum atomic E-state index is -0.192. The molecule has 37 heavy (non-hydrogen) atoms. The lowest BCUT2D eigenvalue weighted by atomic mass is 9.75. The number of hydrogen-bond donors (Lipinski definition) is 2. The molecular formula is C29H39N5O3. The predicted molar refractivity (Wildman–Crippen MR) is 147 cm³/mol.